The molecule has 0 aromatic heterocycles. The fourth-order valence-corrected chi connectivity index (χ4v) is 2.52. The van der Waals surface area contributed by atoms with Crippen LogP contribution in [0.4, 0.5) is 18.9 Å². The Balaban J connectivity index is 2.04. The number of benzene rings is 2. The molecule has 2 aromatic rings. The SMILES string of the molecule is COc1cc(C(=O)NCc2ccc(COCC(F)(F)F)cc2)c([N+](=O)[O-])cc1OC. The quantitative estimate of drug-likeness (QED) is 0.484. The van der Waals surface area contributed by atoms with E-state index in [1.54, 1.807) is 24.3 Å². The lowest BCUT2D eigenvalue weighted by Gasteiger charge is -2.11. The van der Waals surface area contributed by atoms with E-state index >= 15 is 0 Å². The summed E-state index contributed by atoms with van der Waals surface area (Å²) in [6, 6.07) is 8.66. The molecule has 0 aliphatic carbocycles. The van der Waals surface area contributed by atoms with Gasteiger partial charge in [0.2, 0.25) is 0 Å². The molecular weight excluding hydrogens is 409 g/mol. The summed E-state index contributed by atoms with van der Waals surface area (Å²) in [6.07, 6.45) is -4.39. The van der Waals surface area contributed by atoms with Gasteiger partial charge in [-0.25, -0.2) is 0 Å². The molecule has 30 heavy (non-hydrogen) atoms. The van der Waals surface area contributed by atoms with Gasteiger partial charge in [0.15, 0.2) is 11.5 Å². The normalized spacial score (nSPS) is 11.1. The van der Waals surface area contributed by atoms with Crippen LogP contribution in [0.2, 0.25) is 0 Å². The van der Waals surface area contributed by atoms with Gasteiger partial charge in [0, 0.05) is 12.6 Å². The first-order valence-corrected chi connectivity index (χ1v) is 8.55. The average molecular weight is 428 g/mol. The maximum atomic E-state index is 12.5. The molecule has 0 bridgehead atoms. The minimum absolute atomic E-state index is 0.0496. The number of amides is 1. The van der Waals surface area contributed by atoms with E-state index in [0.717, 1.165) is 6.07 Å². The van der Waals surface area contributed by atoms with E-state index < -0.39 is 29.3 Å². The summed E-state index contributed by atoms with van der Waals surface area (Å²) in [6.45, 7) is -1.49. The number of carbonyl (C=O) groups excluding carboxylic acids is 1. The summed E-state index contributed by atoms with van der Waals surface area (Å²) in [5, 5.41) is 13.9. The van der Waals surface area contributed by atoms with Crippen LogP contribution in [0.15, 0.2) is 36.4 Å². The molecule has 0 fully saturated rings. The molecule has 0 aliphatic heterocycles. The van der Waals surface area contributed by atoms with Crippen molar-refractivity contribution in [2.24, 2.45) is 0 Å². The Morgan fingerprint density at radius 3 is 2.17 bits per heavy atom. The van der Waals surface area contributed by atoms with E-state index in [1.165, 1.54) is 20.3 Å². The van der Waals surface area contributed by atoms with Crippen LogP contribution in [0.25, 0.3) is 0 Å². The van der Waals surface area contributed by atoms with Crippen molar-refractivity contribution in [1.29, 1.82) is 0 Å². The van der Waals surface area contributed by atoms with Crippen LogP contribution in [0.5, 0.6) is 11.5 Å². The maximum absolute atomic E-state index is 12.5. The first kappa shape index (κ1) is 22.9. The van der Waals surface area contributed by atoms with Gasteiger partial charge in [-0.15, -0.1) is 0 Å². The van der Waals surface area contributed by atoms with Gasteiger partial charge in [-0.1, -0.05) is 24.3 Å². The van der Waals surface area contributed by atoms with Crippen LogP contribution in [0.1, 0.15) is 21.5 Å². The molecule has 0 radical (unpaired) electrons. The third kappa shape index (κ3) is 6.34. The highest BCUT2D eigenvalue weighted by molar-refractivity contribution is 5.99. The Labute approximate surface area is 169 Å². The molecule has 11 heteroatoms. The van der Waals surface area contributed by atoms with Crippen molar-refractivity contribution in [3.8, 4) is 11.5 Å². The molecule has 1 amide bonds. The number of carbonyl (C=O) groups is 1. The van der Waals surface area contributed by atoms with Crippen LogP contribution in [0.3, 0.4) is 0 Å². The Hall–Kier alpha value is -3.34. The molecule has 8 nitrogen and oxygen atoms in total. The fourth-order valence-electron chi connectivity index (χ4n) is 2.52. The van der Waals surface area contributed by atoms with E-state index in [0.29, 0.717) is 11.1 Å². The standard InChI is InChI=1S/C19H19F3N2O6/c1-28-16-7-14(15(24(26)27)8-17(16)29-2)18(25)23-9-12-3-5-13(6-4-12)10-30-11-19(20,21)22/h3-8H,9-11H2,1-2H3,(H,23,25). The third-order valence-corrected chi connectivity index (χ3v) is 3.95. The summed E-state index contributed by atoms with van der Waals surface area (Å²) in [7, 11) is 2.66. The summed E-state index contributed by atoms with van der Waals surface area (Å²) >= 11 is 0. The molecule has 0 saturated heterocycles. The maximum Gasteiger partial charge on any atom is 0.411 e. The monoisotopic (exact) mass is 428 g/mol. The largest absolute Gasteiger partial charge is 0.493 e. The highest BCUT2D eigenvalue weighted by Crippen LogP contribution is 2.34. The fraction of sp³-hybridized carbons (Fsp3) is 0.316. The van der Waals surface area contributed by atoms with Crippen LogP contribution in [-0.2, 0) is 17.9 Å². The van der Waals surface area contributed by atoms with Gasteiger partial charge in [-0.05, 0) is 11.1 Å². The molecule has 162 valence electrons. The Bertz CT molecular complexity index is 900. The van der Waals surface area contributed by atoms with Crippen LogP contribution in [0, 0.1) is 10.1 Å². The lowest BCUT2D eigenvalue weighted by Crippen LogP contribution is -2.24. The number of nitrogens with zero attached hydrogens (tertiary/aromatic N) is 1. The van der Waals surface area contributed by atoms with E-state index in [2.05, 4.69) is 10.1 Å². The highest BCUT2D eigenvalue weighted by atomic mass is 19.4. The molecule has 1 N–H and O–H groups in total. The first-order chi connectivity index (χ1) is 14.1. The number of methoxy groups -OCH3 is 2. The van der Waals surface area contributed by atoms with Gasteiger partial charge in [0.05, 0.1) is 31.8 Å². The molecule has 0 heterocycles. The predicted octanol–water partition coefficient (Wildman–Crippen LogP) is 3.62. The number of halogens is 3. The first-order valence-electron chi connectivity index (χ1n) is 8.55. The van der Waals surface area contributed by atoms with Gasteiger partial charge < -0.3 is 19.5 Å². The van der Waals surface area contributed by atoms with E-state index in [-0.39, 0.29) is 30.2 Å². The molecular formula is C19H19F3N2O6. The molecule has 2 rings (SSSR count). The van der Waals surface area contributed by atoms with Crippen molar-refractivity contribution in [1.82, 2.24) is 5.32 Å². The van der Waals surface area contributed by atoms with Crippen molar-refractivity contribution in [2.45, 2.75) is 19.3 Å². The molecule has 0 atom stereocenters. The summed E-state index contributed by atoms with van der Waals surface area (Å²) < 4.78 is 50.9. The van der Waals surface area contributed by atoms with Crippen LogP contribution < -0.4 is 14.8 Å². The number of nitro groups is 1. The topological polar surface area (TPSA) is 99.9 Å². The number of hydrogen-bond donors (Lipinski definition) is 1. The molecule has 0 aliphatic rings. The van der Waals surface area contributed by atoms with E-state index in [1.807, 2.05) is 0 Å². The van der Waals surface area contributed by atoms with E-state index in [9.17, 15) is 28.1 Å². The number of nitro benzene ring substituents is 1. The van der Waals surface area contributed by atoms with Crippen molar-refractivity contribution in [3.63, 3.8) is 0 Å². The Morgan fingerprint density at radius 1 is 1.07 bits per heavy atom. The second kappa shape index (κ2) is 9.92. The third-order valence-electron chi connectivity index (χ3n) is 3.95. The van der Waals surface area contributed by atoms with E-state index in [4.69, 9.17) is 9.47 Å². The van der Waals surface area contributed by atoms with Crippen molar-refractivity contribution < 1.29 is 37.1 Å². The smallest absolute Gasteiger partial charge is 0.411 e. The lowest BCUT2D eigenvalue weighted by atomic mass is 10.1. The molecule has 2 aromatic carbocycles. The number of nitrogens with one attached hydrogen (secondary N) is 1. The summed E-state index contributed by atoms with van der Waals surface area (Å²) in [5.41, 5.74) is 0.535. The van der Waals surface area contributed by atoms with Gasteiger partial charge >= 0.3 is 6.18 Å². The van der Waals surface area contributed by atoms with Crippen LogP contribution >= 0.6 is 0 Å². The van der Waals surface area contributed by atoms with Crippen molar-refractivity contribution in [2.75, 3.05) is 20.8 Å². The van der Waals surface area contributed by atoms with Gasteiger partial charge in [0.25, 0.3) is 11.6 Å². The second-order valence-electron chi connectivity index (χ2n) is 6.09. The zero-order chi connectivity index (χ0) is 22.3. The second-order valence-corrected chi connectivity index (χ2v) is 6.09. The van der Waals surface area contributed by atoms with Gasteiger partial charge in [0.1, 0.15) is 12.2 Å². The highest BCUT2D eigenvalue weighted by Gasteiger charge is 2.27. The number of alkyl halides is 3. The minimum Gasteiger partial charge on any atom is -0.493 e. The average Bonchev–Trinajstić information content (AvgIpc) is 2.70. The number of hydrogen-bond acceptors (Lipinski definition) is 6. The van der Waals surface area contributed by atoms with Crippen molar-refractivity contribution in [3.05, 3.63) is 63.2 Å². The summed E-state index contributed by atoms with van der Waals surface area (Å²) in [5.74, 6) is -0.416. The number of rotatable bonds is 9. The van der Waals surface area contributed by atoms with Crippen LogP contribution in [-0.4, -0.2) is 37.8 Å². The van der Waals surface area contributed by atoms with Gasteiger partial charge in [-0.3, -0.25) is 14.9 Å². The Morgan fingerprint density at radius 2 is 1.63 bits per heavy atom. The minimum atomic E-state index is -4.39. The molecule has 0 spiro atoms. The molecule has 0 unspecified atom stereocenters. The van der Waals surface area contributed by atoms with Gasteiger partial charge in [-0.2, -0.15) is 13.2 Å². The Kier molecular flexibility index (Phi) is 7.59. The zero-order valence-electron chi connectivity index (χ0n) is 16.1. The predicted molar refractivity (Wildman–Crippen MR) is 99.5 cm³/mol. The number of ether oxygens (including phenoxy) is 3. The van der Waals surface area contributed by atoms with Crippen molar-refractivity contribution >= 4 is 11.6 Å². The summed E-state index contributed by atoms with van der Waals surface area (Å²) in [4.78, 5) is 23.1. The zero-order valence-corrected chi connectivity index (χ0v) is 16.1. The molecule has 0 saturated carbocycles. The lowest BCUT2D eigenvalue weighted by molar-refractivity contribution is -0.385.